The summed E-state index contributed by atoms with van der Waals surface area (Å²) in [7, 11) is 0. The highest BCUT2D eigenvalue weighted by Gasteiger charge is 2.31. The zero-order valence-electron chi connectivity index (χ0n) is 20.8. The van der Waals surface area contributed by atoms with Crippen LogP contribution in [0.4, 0.5) is 5.00 Å². The van der Waals surface area contributed by atoms with Crippen molar-refractivity contribution in [1.29, 1.82) is 0 Å². The van der Waals surface area contributed by atoms with Crippen LogP contribution in [0.2, 0.25) is 0 Å². The molecule has 0 spiro atoms. The molecule has 1 aliphatic heterocycles. The average Bonchev–Trinajstić information content (AvgIpc) is 3.37. The van der Waals surface area contributed by atoms with E-state index >= 15 is 0 Å². The van der Waals surface area contributed by atoms with Crippen LogP contribution in [0.3, 0.4) is 0 Å². The molecule has 36 heavy (non-hydrogen) atoms. The molecule has 0 unspecified atom stereocenters. The maximum Gasteiger partial charge on any atom is 0.344 e. The molecule has 3 aromatic rings. The largest absolute Gasteiger partial charge is 0.462 e. The summed E-state index contributed by atoms with van der Waals surface area (Å²) in [5.74, 6) is -1.38. The van der Waals surface area contributed by atoms with Crippen molar-refractivity contribution >= 4 is 34.2 Å². The van der Waals surface area contributed by atoms with E-state index in [1.165, 1.54) is 23.8 Å². The number of amides is 1. The minimum Gasteiger partial charge on any atom is -0.462 e. The van der Waals surface area contributed by atoms with E-state index < -0.39 is 23.9 Å². The summed E-state index contributed by atoms with van der Waals surface area (Å²) in [5.41, 5.74) is 3.09. The number of carbonyl (C=O) groups is 3. The lowest BCUT2D eigenvalue weighted by Gasteiger charge is -2.27. The molecule has 1 aliphatic rings. The first-order chi connectivity index (χ1) is 17.3. The molecule has 9 nitrogen and oxygen atoms in total. The maximum absolute atomic E-state index is 13.0. The van der Waals surface area contributed by atoms with Gasteiger partial charge in [0, 0.05) is 24.5 Å². The predicted molar refractivity (Wildman–Crippen MR) is 134 cm³/mol. The number of esters is 2. The van der Waals surface area contributed by atoms with Crippen molar-refractivity contribution in [2.75, 3.05) is 18.5 Å². The number of thiophene rings is 1. The van der Waals surface area contributed by atoms with Gasteiger partial charge in [0.2, 0.25) is 0 Å². The van der Waals surface area contributed by atoms with Crippen LogP contribution in [0.1, 0.15) is 62.0 Å². The highest BCUT2D eigenvalue weighted by molar-refractivity contribution is 7.17. The molecule has 10 heteroatoms. The van der Waals surface area contributed by atoms with Gasteiger partial charge in [-0.3, -0.25) is 9.69 Å². The number of carbonyl (C=O) groups excluding carboxylic acids is 3. The van der Waals surface area contributed by atoms with Crippen LogP contribution in [0.25, 0.3) is 0 Å². The van der Waals surface area contributed by atoms with E-state index in [-0.39, 0.29) is 12.2 Å². The molecule has 3 heterocycles. The van der Waals surface area contributed by atoms with Crippen molar-refractivity contribution in [1.82, 2.24) is 10.1 Å². The van der Waals surface area contributed by atoms with Gasteiger partial charge in [-0.2, -0.15) is 0 Å². The fourth-order valence-corrected chi connectivity index (χ4v) is 5.48. The van der Waals surface area contributed by atoms with E-state index in [2.05, 4.69) is 27.5 Å². The van der Waals surface area contributed by atoms with Crippen molar-refractivity contribution in [2.45, 2.75) is 53.3 Å². The first kappa shape index (κ1) is 25.6. The number of aryl methyl sites for hydroxylation is 2. The fourth-order valence-electron chi connectivity index (χ4n) is 4.20. The van der Waals surface area contributed by atoms with E-state index in [4.69, 9.17) is 14.0 Å². The van der Waals surface area contributed by atoms with E-state index in [1.807, 2.05) is 18.2 Å². The molecule has 0 radical (unpaired) electrons. The Hall–Kier alpha value is -3.50. The summed E-state index contributed by atoms with van der Waals surface area (Å²) in [6.07, 6.45) is -0.436. The molecule has 1 amide bonds. The van der Waals surface area contributed by atoms with Gasteiger partial charge in [-0.25, -0.2) is 9.59 Å². The first-order valence-electron chi connectivity index (χ1n) is 11.8. The Kier molecular flexibility index (Phi) is 7.85. The van der Waals surface area contributed by atoms with Crippen molar-refractivity contribution in [3.05, 3.63) is 68.9 Å². The average molecular weight is 512 g/mol. The highest BCUT2D eigenvalue weighted by Crippen LogP contribution is 2.38. The van der Waals surface area contributed by atoms with Gasteiger partial charge in [-0.1, -0.05) is 35.5 Å². The van der Waals surface area contributed by atoms with Gasteiger partial charge in [0.05, 0.1) is 17.9 Å². The molecule has 1 atom stereocenters. The van der Waals surface area contributed by atoms with Crippen molar-refractivity contribution < 1.29 is 28.4 Å². The summed E-state index contributed by atoms with van der Waals surface area (Å²) < 4.78 is 15.7. The number of nitrogens with zero attached hydrogens (tertiary/aromatic N) is 2. The number of fused-ring (bicyclic) bond motifs is 1. The zero-order chi connectivity index (χ0) is 25.8. The van der Waals surface area contributed by atoms with E-state index in [1.54, 1.807) is 20.8 Å². The summed E-state index contributed by atoms with van der Waals surface area (Å²) in [5, 5.41) is 6.95. The van der Waals surface area contributed by atoms with Crippen LogP contribution in [0.15, 0.2) is 34.9 Å². The topological polar surface area (TPSA) is 111 Å². The van der Waals surface area contributed by atoms with Crippen LogP contribution in [0, 0.1) is 13.8 Å². The van der Waals surface area contributed by atoms with Crippen LogP contribution < -0.4 is 5.32 Å². The summed E-state index contributed by atoms with van der Waals surface area (Å²) in [6.45, 7) is 8.91. The Morgan fingerprint density at radius 3 is 2.58 bits per heavy atom. The normalized spacial score (nSPS) is 14.1. The minimum atomic E-state index is -1.10. The minimum absolute atomic E-state index is 0.201. The third-order valence-electron chi connectivity index (χ3n) is 5.99. The van der Waals surface area contributed by atoms with Gasteiger partial charge in [0.1, 0.15) is 16.3 Å². The third-order valence-corrected chi connectivity index (χ3v) is 7.12. The van der Waals surface area contributed by atoms with Crippen molar-refractivity contribution in [3.63, 3.8) is 0 Å². The predicted octanol–water partition coefficient (Wildman–Crippen LogP) is 4.27. The molecule has 0 fully saturated rings. The van der Waals surface area contributed by atoms with Crippen LogP contribution in [0.5, 0.6) is 0 Å². The smallest absolute Gasteiger partial charge is 0.344 e. The molecule has 1 N–H and O–H groups in total. The van der Waals surface area contributed by atoms with Gasteiger partial charge >= 0.3 is 11.9 Å². The number of aromatic nitrogens is 1. The van der Waals surface area contributed by atoms with Gasteiger partial charge in [0.25, 0.3) is 5.91 Å². The van der Waals surface area contributed by atoms with Gasteiger partial charge in [0.15, 0.2) is 6.10 Å². The Bertz CT molecular complexity index is 1250. The molecular weight excluding hydrogens is 482 g/mol. The standard InChI is InChI=1S/C26H29N3O6S/c1-5-33-25(31)22-19-11-12-29(13-18-9-7-6-8-10-18)14-20(19)36-24(22)27-23(30)17(4)34-26(32)21-15(2)28-35-16(21)3/h6-10,17H,5,11-14H2,1-4H3,(H,27,30)/t17-/m0/s1. The van der Waals surface area contributed by atoms with Crippen molar-refractivity contribution in [3.8, 4) is 0 Å². The van der Waals surface area contributed by atoms with E-state index in [0.29, 0.717) is 35.0 Å². The second-order valence-corrected chi connectivity index (χ2v) is 9.72. The van der Waals surface area contributed by atoms with Crippen molar-refractivity contribution in [2.24, 2.45) is 0 Å². The molecule has 0 aliphatic carbocycles. The molecule has 190 valence electrons. The number of hydrogen-bond acceptors (Lipinski definition) is 9. The molecule has 4 rings (SSSR count). The molecule has 0 bridgehead atoms. The second kappa shape index (κ2) is 11.0. The summed E-state index contributed by atoms with van der Waals surface area (Å²) >= 11 is 1.36. The molecule has 0 saturated carbocycles. The lowest BCUT2D eigenvalue weighted by Crippen LogP contribution is -2.31. The van der Waals surface area contributed by atoms with Crippen LogP contribution in [-0.2, 0) is 33.8 Å². The Labute approximate surface area is 213 Å². The molecule has 0 saturated heterocycles. The highest BCUT2D eigenvalue weighted by atomic mass is 32.1. The van der Waals surface area contributed by atoms with Crippen LogP contribution in [-0.4, -0.2) is 47.2 Å². The SMILES string of the molecule is CCOC(=O)c1c(NC(=O)[C@H](C)OC(=O)c2c(C)noc2C)sc2c1CCN(Cc1ccccc1)C2. The summed E-state index contributed by atoms with van der Waals surface area (Å²) in [6, 6.07) is 10.2. The quantitative estimate of drug-likeness (QED) is 0.447. The zero-order valence-corrected chi connectivity index (χ0v) is 21.6. The lowest BCUT2D eigenvalue weighted by atomic mass is 10.0. The first-order valence-corrected chi connectivity index (χ1v) is 12.6. The Morgan fingerprint density at radius 1 is 1.17 bits per heavy atom. The molecule has 1 aromatic carbocycles. The number of anilines is 1. The molecule has 2 aromatic heterocycles. The van der Waals surface area contributed by atoms with Gasteiger partial charge < -0.3 is 19.3 Å². The van der Waals surface area contributed by atoms with E-state index in [0.717, 1.165) is 23.5 Å². The Morgan fingerprint density at radius 2 is 1.92 bits per heavy atom. The third kappa shape index (κ3) is 5.50. The van der Waals surface area contributed by atoms with Gasteiger partial charge in [-0.05, 0) is 45.2 Å². The number of rotatable bonds is 8. The number of ether oxygens (including phenoxy) is 2. The monoisotopic (exact) mass is 511 g/mol. The van der Waals surface area contributed by atoms with Crippen LogP contribution >= 0.6 is 11.3 Å². The fraction of sp³-hybridized carbons (Fsp3) is 0.385. The molecular formula is C26H29N3O6S. The second-order valence-electron chi connectivity index (χ2n) is 8.61. The van der Waals surface area contributed by atoms with Gasteiger partial charge in [-0.15, -0.1) is 11.3 Å². The summed E-state index contributed by atoms with van der Waals surface area (Å²) in [4.78, 5) is 41.7. The number of nitrogens with one attached hydrogen (secondary N) is 1. The lowest BCUT2D eigenvalue weighted by molar-refractivity contribution is -0.123. The Balaban J connectivity index is 1.51. The maximum atomic E-state index is 13.0. The number of hydrogen-bond donors (Lipinski definition) is 1. The van der Waals surface area contributed by atoms with E-state index in [9.17, 15) is 14.4 Å². The number of benzene rings is 1.